The molecule has 2 aromatic rings. The molecule has 0 unspecified atom stereocenters. The number of nitrogens with zero attached hydrogens (tertiary/aromatic N) is 5. The Bertz CT molecular complexity index is 2500. The molecule has 3 aliphatic heterocycles. The molecule has 1 saturated heterocycles. The molecule has 77 heavy (non-hydrogen) atoms. The van der Waals surface area contributed by atoms with Crippen molar-refractivity contribution < 1.29 is 57.3 Å². The van der Waals surface area contributed by atoms with Crippen LogP contribution in [0, 0.1) is 13.8 Å². The number of halogens is 1. The van der Waals surface area contributed by atoms with Gasteiger partial charge in [-0.15, -0.1) is 12.4 Å². The van der Waals surface area contributed by atoms with Crippen LogP contribution in [0.3, 0.4) is 0 Å². The molecule has 4 aliphatic rings. The van der Waals surface area contributed by atoms with Gasteiger partial charge in [-0.1, -0.05) is 33.1 Å². The molecule has 20 heteroatoms. The first-order valence-electron chi connectivity index (χ1n) is 27.2. The number of fused-ring (bicyclic) bond motifs is 2. The number of nitrogens with one attached hydrogen (secondary N) is 2. The van der Waals surface area contributed by atoms with E-state index >= 15 is 0 Å². The third-order valence-electron chi connectivity index (χ3n) is 14.2. The van der Waals surface area contributed by atoms with E-state index in [1.807, 2.05) is 38.7 Å². The molecule has 0 spiro atoms. The molecule has 428 valence electrons. The molecule has 7 amide bonds. The highest BCUT2D eigenvalue weighted by atomic mass is 35.5. The molecular formula is C57H86ClN7O12. The summed E-state index contributed by atoms with van der Waals surface area (Å²) in [5.41, 5.74) is 1.47. The standard InChI is InChI=1S/C31H46N4O8.C26H39N3O4.ClH/c1-10-26(37)32-13-15-34-24-17-23(20(4)16-25(24)42-30(6,7)28(34)39)27(38)35(19(2)3)22-12-11-14-33(18-22)29(40)43-31(8,9)41-21(5)36;1-7-23(30)27-13-14-28-21-16-20(18(4)15-22(21)33-26(5,6)25(28)32)24(31)29(17(2)3)19-11-9-8-10-12-19;/h16-17,19,22H,10-15,18H2,1-9H3,(H,32,37);15-17,19H,7-14H2,1-6H3,(H,27,30);1H/t22-;;/m1../s1. The molecule has 1 aliphatic carbocycles. The summed E-state index contributed by atoms with van der Waals surface area (Å²) >= 11 is 0. The third kappa shape index (κ3) is 15.6. The van der Waals surface area contributed by atoms with Crippen LogP contribution in [0.15, 0.2) is 24.3 Å². The first-order valence-corrected chi connectivity index (χ1v) is 27.2. The number of hydrogen-bond donors (Lipinski definition) is 2. The van der Waals surface area contributed by atoms with Crippen molar-refractivity contribution in [2.24, 2.45) is 0 Å². The maximum atomic E-state index is 14.2. The number of amides is 7. The van der Waals surface area contributed by atoms with Crippen LogP contribution in [-0.4, -0.2) is 143 Å². The van der Waals surface area contributed by atoms with Crippen LogP contribution in [0.1, 0.15) is 180 Å². The summed E-state index contributed by atoms with van der Waals surface area (Å²) in [5, 5.41) is 5.64. The average molecular weight is 1100 g/mol. The topological polar surface area (TPSA) is 214 Å². The second kappa shape index (κ2) is 26.5. The highest BCUT2D eigenvalue weighted by Gasteiger charge is 2.44. The van der Waals surface area contributed by atoms with Crippen molar-refractivity contribution in [3.05, 3.63) is 46.5 Å². The van der Waals surface area contributed by atoms with Gasteiger partial charge < -0.3 is 54.1 Å². The minimum Gasteiger partial charge on any atom is -0.476 e. The normalized spacial score (nSPS) is 17.8. The lowest BCUT2D eigenvalue weighted by atomic mass is 9.92. The SMILES string of the molecule is CCC(=O)NCCN1C(=O)C(C)(C)Oc2cc(C)c(C(=O)N(C(C)C)C3CCCCC3)cc21.CCC(=O)NCCN1C(=O)C(C)(C)Oc2cc(C)c(C(=O)N(C(C)C)[C@@H]3CCCN(C(=O)OC(C)(C)OC(C)=O)C3)cc21.Cl. The number of aryl methyl sites for hydroxylation is 2. The van der Waals surface area contributed by atoms with Gasteiger partial charge in [0.1, 0.15) is 11.5 Å². The van der Waals surface area contributed by atoms with E-state index in [2.05, 4.69) is 24.5 Å². The smallest absolute Gasteiger partial charge is 0.413 e. The van der Waals surface area contributed by atoms with Gasteiger partial charge in [0.25, 0.3) is 29.4 Å². The summed E-state index contributed by atoms with van der Waals surface area (Å²) in [7, 11) is 0. The van der Waals surface area contributed by atoms with Crippen molar-refractivity contribution in [3.8, 4) is 11.5 Å². The van der Waals surface area contributed by atoms with E-state index < -0.39 is 29.1 Å². The second-order valence-electron chi connectivity index (χ2n) is 22.3. The van der Waals surface area contributed by atoms with Crippen LogP contribution in [-0.2, 0) is 33.4 Å². The van der Waals surface area contributed by atoms with Gasteiger partial charge in [0.05, 0.1) is 17.4 Å². The molecule has 1 atom stereocenters. The van der Waals surface area contributed by atoms with Gasteiger partial charge in [-0.05, 0) is 130 Å². The number of hydrogen-bond acceptors (Lipinski definition) is 12. The molecule has 2 fully saturated rings. The Kier molecular flexibility index (Phi) is 21.8. The number of likely N-dealkylation sites (tertiary alicyclic amines) is 1. The van der Waals surface area contributed by atoms with E-state index in [1.165, 1.54) is 32.1 Å². The van der Waals surface area contributed by atoms with Crippen LogP contribution < -0.4 is 29.9 Å². The van der Waals surface area contributed by atoms with Gasteiger partial charge in [0, 0.05) is 102 Å². The fraction of sp³-hybridized carbons (Fsp3) is 0.649. The lowest BCUT2D eigenvalue weighted by Gasteiger charge is -2.42. The van der Waals surface area contributed by atoms with Gasteiger partial charge >= 0.3 is 12.1 Å². The van der Waals surface area contributed by atoms with Crippen LogP contribution >= 0.6 is 12.4 Å². The Morgan fingerprint density at radius 1 is 0.675 bits per heavy atom. The fourth-order valence-corrected chi connectivity index (χ4v) is 10.5. The van der Waals surface area contributed by atoms with E-state index in [0.717, 1.165) is 31.2 Å². The van der Waals surface area contributed by atoms with Crippen LogP contribution in [0.25, 0.3) is 0 Å². The molecule has 2 N–H and O–H groups in total. The van der Waals surface area contributed by atoms with Crippen LogP contribution in [0.2, 0.25) is 0 Å². The third-order valence-corrected chi connectivity index (χ3v) is 14.2. The van der Waals surface area contributed by atoms with Gasteiger partial charge in [-0.3, -0.25) is 33.6 Å². The summed E-state index contributed by atoms with van der Waals surface area (Å²) in [6.45, 7) is 28.2. The van der Waals surface area contributed by atoms with Crippen LogP contribution in [0.4, 0.5) is 16.2 Å². The van der Waals surface area contributed by atoms with Gasteiger partial charge in [0.2, 0.25) is 11.8 Å². The van der Waals surface area contributed by atoms with Crippen molar-refractivity contribution in [1.29, 1.82) is 0 Å². The average Bonchev–Trinajstić information content (AvgIpc) is 3.33. The van der Waals surface area contributed by atoms with E-state index in [9.17, 15) is 38.4 Å². The number of benzene rings is 2. The fourth-order valence-electron chi connectivity index (χ4n) is 10.5. The Morgan fingerprint density at radius 3 is 1.49 bits per heavy atom. The second-order valence-corrected chi connectivity index (χ2v) is 22.3. The van der Waals surface area contributed by atoms with Gasteiger partial charge in [0.15, 0.2) is 11.2 Å². The monoisotopic (exact) mass is 1100 g/mol. The molecule has 0 radical (unpaired) electrons. The van der Waals surface area contributed by atoms with Gasteiger partial charge in [-0.25, -0.2) is 4.79 Å². The van der Waals surface area contributed by atoms with E-state index in [-0.39, 0.29) is 91.7 Å². The number of carbonyl (C=O) groups is 8. The van der Waals surface area contributed by atoms with Crippen LogP contribution in [0.5, 0.6) is 11.5 Å². The maximum Gasteiger partial charge on any atom is 0.413 e. The summed E-state index contributed by atoms with van der Waals surface area (Å²) in [5.74, 6) is -1.77. The van der Waals surface area contributed by atoms with Crippen molar-refractivity contribution in [2.75, 3.05) is 49.1 Å². The number of ether oxygens (including phenoxy) is 4. The summed E-state index contributed by atoms with van der Waals surface area (Å²) < 4.78 is 22.7. The lowest BCUT2D eigenvalue weighted by Crippen LogP contribution is -2.55. The molecule has 0 bridgehead atoms. The zero-order chi connectivity index (χ0) is 56.6. The molecule has 3 heterocycles. The Labute approximate surface area is 462 Å². The highest BCUT2D eigenvalue weighted by molar-refractivity contribution is 6.06. The van der Waals surface area contributed by atoms with Gasteiger partial charge in [-0.2, -0.15) is 0 Å². The van der Waals surface area contributed by atoms with Crippen molar-refractivity contribution in [3.63, 3.8) is 0 Å². The quantitative estimate of drug-likeness (QED) is 0.120. The number of carbonyl (C=O) groups excluding carboxylic acids is 8. The first kappa shape index (κ1) is 63.4. The predicted octanol–water partition coefficient (Wildman–Crippen LogP) is 8.41. The Hall–Kier alpha value is -6.11. The zero-order valence-corrected chi connectivity index (χ0v) is 49.1. The predicted molar refractivity (Wildman–Crippen MR) is 297 cm³/mol. The molecule has 6 rings (SSSR count). The highest BCUT2D eigenvalue weighted by Crippen LogP contribution is 2.42. The Balaban J connectivity index is 0.000000339. The number of anilines is 2. The largest absolute Gasteiger partial charge is 0.476 e. The number of esters is 1. The maximum absolute atomic E-state index is 14.2. The minimum absolute atomic E-state index is 0. The molecule has 19 nitrogen and oxygen atoms in total. The molecule has 1 saturated carbocycles. The van der Waals surface area contributed by atoms with E-state index in [4.69, 9.17) is 18.9 Å². The summed E-state index contributed by atoms with van der Waals surface area (Å²) in [4.78, 5) is 111. The van der Waals surface area contributed by atoms with Crippen molar-refractivity contribution >= 4 is 71.3 Å². The Morgan fingerprint density at radius 2 is 1.09 bits per heavy atom. The zero-order valence-electron chi connectivity index (χ0n) is 48.3. The van der Waals surface area contributed by atoms with E-state index in [0.29, 0.717) is 84.9 Å². The van der Waals surface area contributed by atoms with Crippen molar-refractivity contribution in [1.82, 2.24) is 25.3 Å². The van der Waals surface area contributed by atoms with Crippen molar-refractivity contribution in [2.45, 2.75) is 203 Å². The summed E-state index contributed by atoms with van der Waals surface area (Å²) in [6.07, 6.45) is 7.05. The molecular weight excluding hydrogens is 1010 g/mol. The lowest BCUT2D eigenvalue weighted by molar-refractivity contribution is -0.195. The number of rotatable bonds is 16. The molecule has 0 aromatic heterocycles. The number of piperidine rings is 1. The first-order chi connectivity index (χ1) is 35.5. The minimum atomic E-state index is -1.43. The summed E-state index contributed by atoms with van der Waals surface area (Å²) in [6, 6.07) is 6.99. The van der Waals surface area contributed by atoms with E-state index in [1.54, 1.807) is 74.4 Å². The molecule has 2 aromatic carbocycles.